The molecule has 21 heavy (non-hydrogen) atoms. The normalized spacial score (nSPS) is 10.5. The average molecular weight is 279 g/mol. The molecule has 0 saturated heterocycles. The van der Waals surface area contributed by atoms with E-state index in [1.54, 1.807) is 18.5 Å². The van der Waals surface area contributed by atoms with Crippen LogP contribution in [0.1, 0.15) is 16.1 Å². The van der Waals surface area contributed by atoms with Crippen LogP contribution in [-0.2, 0) is 6.54 Å². The summed E-state index contributed by atoms with van der Waals surface area (Å²) in [7, 11) is 0. The lowest BCUT2D eigenvalue weighted by molar-refractivity contribution is 0.0690. The molecule has 5 heteroatoms. The third-order valence-corrected chi connectivity index (χ3v) is 3.18. The third kappa shape index (κ3) is 2.81. The van der Waals surface area contributed by atoms with E-state index in [1.807, 2.05) is 30.3 Å². The number of hydrogen-bond donors (Lipinski definition) is 2. The van der Waals surface area contributed by atoms with E-state index >= 15 is 0 Å². The van der Waals surface area contributed by atoms with Crippen molar-refractivity contribution in [2.45, 2.75) is 6.54 Å². The van der Waals surface area contributed by atoms with Gasteiger partial charge in [0.25, 0.3) is 0 Å². The first-order valence-corrected chi connectivity index (χ1v) is 6.50. The first-order chi connectivity index (χ1) is 10.2. The van der Waals surface area contributed by atoms with Gasteiger partial charge in [0.2, 0.25) is 0 Å². The Balaban J connectivity index is 1.79. The number of fused-ring (bicyclic) bond motifs is 1. The van der Waals surface area contributed by atoms with E-state index in [-0.39, 0.29) is 5.69 Å². The van der Waals surface area contributed by atoms with Gasteiger partial charge in [-0.2, -0.15) is 0 Å². The van der Waals surface area contributed by atoms with Gasteiger partial charge in [-0.1, -0.05) is 30.3 Å². The van der Waals surface area contributed by atoms with Gasteiger partial charge in [-0.05, 0) is 23.1 Å². The van der Waals surface area contributed by atoms with Gasteiger partial charge < -0.3 is 10.4 Å². The summed E-state index contributed by atoms with van der Waals surface area (Å²) < 4.78 is 0. The molecule has 0 saturated carbocycles. The van der Waals surface area contributed by atoms with Gasteiger partial charge in [-0.3, -0.25) is 0 Å². The molecule has 0 bridgehead atoms. The van der Waals surface area contributed by atoms with Gasteiger partial charge >= 0.3 is 5.97 Å². The maximum absolute atomic E-state index is 10.7. The van der Waals surface area contributed by atoms with Crippen LogP contribution in [0.3, 0.4) is 0 Å². The largest absolute Gasteiger partial charge is 0.477 e. The first kappa shape index (κ1) is 13.1. The van der Waals surface area contributed by atoms with E-state index in [0.717, 1.165) is 22.2 Å². The van der Waals surface area contributed by atoms with Crippen molar-refractivity contribution >= 4 is 22.6 Å². The molecule has 0 aliphatic rings. The monoisotopic (exact) mass is 279 g/mol. The van der Waals surface area contributed by atoms with E-state index in [4.69, 9.17) is 5.11 Å². The Morgan fingerprint density at radius 1 is 1.10 bits per heavy atom. The zero-order valence-electron chi connectivity index (χ0n) is 11.2. The molecule has 2 aromatic heterocycles. The molecule has 3 rings (SSSR count). The average Bonchev–Trinajstić information content (AvgIpc) is 2.53. The van der Waals surface area contributed by atoms with Gasteiger partial charge in [0.05, 0.1) is 0 Å². The topological polar surface area (TPSA) is 75.1 Å². The molecule has 3 aromatic rings. The van der Waals surface area contributed by atoms with E-state index in [2.05, 4.69) is 15.3 Å². The van der Waals surface area contributed by atoms with Crippen molar-refractivity contribution in [2.24, 2.45) is 0 Å². The fraction of sp³-hybridized carbons (Fsp3) is 0.0625. The van der Waals surface area contributed by atoms with Crippen molar-refractivity contribution in [1.82, 2.24) is 9.97 Å². The molecule has 0 atom stereocenters. The highest BCUT2D eigenvalue weighted by molar-refractivity contribution is 5.91. The Bertz CT molecular complexity index is 780. The quantitative estimate of drug-likeness (QED) is 0.768. The first-order valence-electron chi connectivity index (χ1n) is 6.50. The Kier molecular flexibility index (Phi) is 3.47. The molecule has 0 fully saturated rings. The number of aromatic nitrogens is 2. The van der Waals surface area contributed by atoms with Crippen LogP contribution in [0.2, 0.25) is 0 Å². The minimum absolute atomic E-state index is 0.0436. The second-order valence-electron chi connectivity index (χ2n) is 4.59. The van der Waals surface area contributed by atoms with Gasteiger partial charge in [-0.25, -0.2) is 14.8 Å². The summed E-state index contributed by atoms with van der Waals surface area (Å²) in [5.41, 5.74) is 0.941. The molecule has 0 radical (unpaired) electrons. The standard InChI is InChI=1S/C16H13N3O2/c20-16(21)14-6-5-11(9-18-14)10-19-15-13-4-2-1-3-12(13)7-8-17-15/h1-9H,10H2,(H,17,19)(H,20,21). The number of nitrogens with zero attached hydrogens (tertiary/aromatic N) is 2. The summed E-state index contributed by atoms with van der Waals surface area (Å²) in [4.78, 5) is 19.0. The predicted octanol–water partition coefficient (Wildman–Crippen LogP) is 2.94. The molecule has 104 valence electrons. The molecular formula is C16H13N3O2. The number of benzene rings is 1. The zero-order chi connectivity index (χ0) is 14.7. The van der Waals surface area contributed by atoms with Crippen molar-refractivity contribution in [1.29, 1.82) is 0 Å². The number of carbonyl (C=O) groups is 1. The lowest BCUT2D eigenvalue weighted by atomic mass is 10.1. The zero-order valence-corrected chi connectivity index (χ0v) is 11.2. The lowest BCUT2D eigenvalue weighted by Crippen LogP contribution is -2.04. The maximum atomic E-state index is 10.7. The number of carboxylic acids is 1. The smallest absolute Gasteiger partial charge is 0.354 e. The Morgan fingerprint density at radius 2 is 1.95 bits per heavy atom. The van der Waals surface area contributed by atoms with Crippen LogP contribution in [-0.4, -0.2) is 21.0 Å². The second-order valence-corrected chi connectivity index (χ2v) is 4.59. The minimum Gasteiger partial charge on any atom is -0.477 e. The van der Waals surface area contributed by atoms with Gasteiger partial charge in [-0.15, -0.1) is 0 Å². The number of anilines is 1. The molecule has 0 amide bonds. The van der Waals surface area contributed by atoms with Crippen LogP contribution in [0.15, 0.2) is 54.9 Å². The van der Waals surface area contributed by atoms with Gasteiger partial charge in [0.15, 0.2) is 0 Å². The number of rotatable bonds is 4. The summed E-state index contributed by atoms with van der Waals surface area (Å²) in [5.74, 6) is -0.222. The Hall–Kier alpha value is -2.95. The minimum atomic E-state index is -1.02. The van der Waals surface area contributed by atoms with Crippen molar-refractivity contribution in [2.75, 3.05) is 5.32 Å². The summed E-state index contributed by atoms with van der Waals surface area (Å²) in [6.07, 6.45) is 3.32. The highest BCUT2D eigenvalue weighted by Gasteiger charge is 2.05. The van der Waals surface area contributed by atoms with E-state index in [1.165, 1.54) is 6.07 Å². The van der Waals surface area contributed by atoms with Crippen LogP contribution in [0.25, 0.3) is 10.8 Å². The summed E-state index contributed by atoms with van der Waals surface area (Å²) >= 11 is 0. The molecule has 2 N–H and O–H groups in total. The van der Waals surface area contributed by atoms with Crippen molar-refractivity contribution < 1.29 is 9.90 Å². The van der Waals surface area contributed by atoms with E-state index in [9.17, 15) is 4.79 Å². The summed E-state index contributed by atoms with van der Waals surface area (Å²) in [5, 5.41) is 14.2. The van der Waals surface area contributed by atoms with E-state index in [0.29, 0.717) is 6.54 Å². The van der Waals surface area contributed by atoms with Gasteiger partial charge in [0.1, 0.15) is 11.5 Å². The highest BCUT2D eigenvalue weighted by Crippen LogP contribution is 2.20. The maximum Gasteiger partial charge on any atom is 0.354 e. The lowest BCUT2D eigenvalue weighted by Gasteiger charge is -2.08. The number of carboxylic acid groups (broad SMARTS) is 1. The van der Waals surface area contributed by atoms with Gasteiger partial charge in [0, 0.05) is 24.3 Å². The summed E-state index contributed by atoms with van der Waals surface area (Å²) in [6, 6.07) is 13.2. The third-order valence-electron chi connectivity index (χ3n) is 3.18. The molecule has 2 heterocycles. The molecular weight excluding hydrogens is 266 g/mol. The number of nitrogens with one attached hydrogen (secondary N) is 1. The van der Waals surface area contributed by atoms with Crippen molar-refractivity contribution in [3.05, 3.63) is 66.1 Å². The summed E-state index contributed by atoms with van der Waals surface area (Å²) in [6.45, 7) is 0.536. The Labute approximate surface area is 121 Å². The molecule has 0 aliphatic heterocycles. The number of hydrogen-bond acceptors (Lipinski definition) is 4. The van der Waals surface area contributed by atoms with Crippen molar-refractivity contribution in [3.8, 4) is 0 Å². The second kappa shape index (κ2) is 5.58. The highest BCUT2D eigenvalue weighted by atomic mass is 16.4. The van der Waals surface area contributed by atoms with Crippen molar-refractivity contribution in [3.63, 3.8) is 0 Å². The predicted molar refractivity (Wildman–Crippen MR) is 80.3 cm³/mol. The number of pyridine rings is 2. The van der Waals surface area contributed by atoms with Crippen LogP contribution < -0.4 is 5.32 Å². The van der Waals surface area contributed by atoms with Crippen LogP contribution in [0.5, 0.6) is 0 Å². The molecule has 1 aromatic carbocycles. The fourth-order valence-corrected chi connectivity index (χ4v) is 2.10. The van der Waals surface area contributed by atoms with Crippen LogP contribution >= 0.6 is 0 Å². The van der Waals surface area contributed by atoms with E-state index < -0.39 is 5.97 Å². The van der Waals surface area contributed by atoms with Crippen LogP contribution in [0, 0.1) is 0 Å². The molecule has 0 spiro atoms. The van der Waals surface area contributed by atoms with Crippen LogP contribution in [0.4, 0.5) is 5.82 Å². The fourth-order valence-electron chi connectivity index (χ4n) is 2.10. The Morgan fingerprint density at radius 3 is 2.71 bits per heavy atom. The SMILES string of the molecule is O=C(O)c1ccc(CNc2nccc3ccccc23)cn1. The molecule has 5 nitrogen and oxygen atoms in total. The molecule has 0 unspecified atom stereocenters. The number of aromatic carboxylic acids is 1. The molecule has 0 aliphatic carbocycles.